The van der Waals surface area contributed by atoms with E-state index in [1.807, 2.05) is 18.2 Å². The highest BCUT2D eigenvalue weighted by Gasteiger charge is 2.01. The predicted octanol–water partition coefficient (Wildman–Crippen LogP) is 2.22. The fourth-order valence-electron chi connectivity index (χ4n) is 1.32. The first-order chi connectivity index (χ1) is 7.25. The summed E-state index contributed by atoms with van der Waals surface area (Å²) in [4.78, 5) is 9.98. The molecule has 0 saturated heterocycles. The van der Waals surface area contributed by atoms with Crippen LogP contribution in [-0.4, -0.2) is 41.3 Å². The highest BCUT2D eigenvalue weighted by molar-refractivity contribution is 7.99. The van der Waals surface area contributed by atoms with Gasteiger partial charge in [0, 0.05) is 12.3 Å². The van der Waals surface area contributed by atoms with Gasteiger partial charge in [-0.15, -0.1) is 0 Å². The highest BCUT2D eigenvalue weighted by atomic mass is 32.2. The number of aromatic amines is 1. The van der Waals surface area contributed by atoms with E-state index in [0.29, 0.717) is 0 Å². The maximum absolute atomic E-state index is 4.50. The average molecular weight is 221 g/mol. The van der Waals surface area contributed by atoms with E-state index in [9.17, 15) is 0 Å². The summed E-state index contributed by atoms with van der Waals surface area (Å²) in [6.07, 6.45) is 0. The summed E-state index contributed by atoms with van der Waals surface area (Å²) in [7, 11) is 4.17. The van der Waals surface area contributed by atoms with Crippen molar-refractivity contribution in [3.05, 3.63) is 24.3 Å². The van der Waals surface area contributed by atoms with Crippen LogP contribution in [0.5, 0.6) is 0 Å². The lowest BCUT2D eigenvalue weighted by atomic mass is 10.3. The lowest BCUT2D eigenvalue weighted by Gasteiger charge is -2.06. The summed E-state index contributed by atoms with van der Waals surface area (Å²) in [6, 6.07) is 8.12. The number of rotatable bonds is 4. The van der Waals surface area contributed by atoms with E-state index in [-0.39, 0.29) is 0 Å². The van der Waals surface area contributed by atoms with E-state index < -0.39 is 0 Å². The largest absolute Gasteiger partial charge is 0.333 e. The van der Waals surface area contributed by atoms with Crippen molar-refractivity contribution >= 4 is 22.8 Å². The number of nitrogens with one attached hydrogen (secondary N) is 1. The zero-order valence-corrected chi connectivity index (χ0v) is 9.84. The number of fused-ring (bicyclic) bond motifs is 1. The van der Waals surface area contributed by atoms with E-state index >= 15 is 0 Å². The fourth-order valence-corrected chi connectivity index (χ4v) is 2.32. The van der Waals surface area contributed by atoms with Gasteiger partial charge < -0.3 is 9.88 Å². The van der Waals surface area contributed by atoms with Crippen LogP contribution in [0.1, 0.15) is 0 Å². The molecule has 0 aliphatic rings. The molecule has 1 aromatic carbocycles. The van der Waals surface area contributed by atoms with Crippen molar-refractivity contribution in [2.75, 3.05) is 26.4 Å². The van der Waals surface area contributed by atoms with Crippen molar-refractivity contribution in [1.29, 1.82) is 0 Å². The van der Waals surface area contributed by atoms with Crippen LogP contribution in [0.25, 0.3) is 11.0 Å². The minimum absolute atomic E-state index is 1.01. The fraction of sp³-hybridized carbons (Fsp3) is 0.364. The number of imidazole rings is 1. The molecule has 2 aromatic rings. The summed E-state index contributed by atoms with van der Waals surface area (Å²) in [5, 5.41) is 1.01. The van der Waals surface area contributed by atoms with E-state index in [1.54, 1.807) is 11.8 Å². The second-order valence-corrected chi connectivity index (χ2v) is 4.79. The van der Waals surface area contributed by atoms with Gasteiger partial charge in [-0.1, -0.05) is 23.9 Å². The molecule has 0 saturated carbocycles. The Hall–Kier alpha value is -1.00. The van der Waals surface area contributed by atoms with E-state index in [2.05, 4.69) is 35.0 Å². The maximum atomic E-state index is 4.50. The molecule has 3 nitrogen and oxygen atoms in total. The molecular weight excluding hydrogens is 206 g/mol. The summed E-state index contributed by atoms with van der Waals surface area (Å²) >= 11 is 1.77. The van der Waals surface area contributed by atoms with Crippen molar-refractivity contribution in [3.63, 3.8) is 0 Å². The summed E-state index contributed by atoms with van der Waals surface area (Å²) in [5.41, 5.74) is 2.16. The minimum atomic E-state index is 1.01. The molecule has 0 amide bonds. The van der Waals surface area contributed by atoms with Gasteiger partial charge in [0.05, 0.1) is 11.0 Å². The number of nitrogens with zero attached hydrogens (tertiary/aromatic N) is 2. The number of H-pyrrole nitrogens is 1. The molecule has 1 aromatic heterocycles. The lowest BCUT2D eigenvalue weighted by Crippen LogP contribution is -2.14. The first kappa shape index (κ1) is 10.5. The lowest BCUT2D eigenvalue weighted by molar-refractivity contribution is 0.437. The Bertz CT molecular complexity index is 403. The Balaban J connectivity index is 2.03. The number of para-hydroxylation sites is 2. The molecule has 0 aliphatic carbocycles. The Morgan fingerprint density at radius 2 is 2.13 bits per heavy atom. The molecule has 0 fully saturated rings. The second kappa shape index (κ2) is 4.68. The van der Waals surface area contributed by atoms with Gasteiger partial charge in [0.1, 0.15) is 0 Å². The molecule has 0 aliphatic heterocycles. The van der Waals surface area contributed by atoms with Gasteiger partial charge in [0.25, 0.3) is 0 Å². The minimum Gasteiger partial charge on any atom is -0.333 e. The topological polar surface area (TPSA) is 31.9 Å². The molecule has 0 bridgehead atoms. The highest BCUT2D eigenvalue weighted by Crippen LogP contribution is 2.18. The molecule has 0 unspecified atom stereocenters. The first-order valence-corrected chi connectivity index (χ1v) is 5.96. The van der Waals surface area contributed by atoms with Gasteiger partial charge in [-0.05, 0) is 26.2 Å². The second-order valence-electron chi connectivity index (χ2n) is 3.71. The molecule has 0 radical (unpaired) electrons. The van der Waals surface area contributed by atoms with Gasteiger partial charge >= 0.3 is 0 Å². The standard InChI is InChI=1S/C11H15N3S/c1-14(2)7-8-15-11-12-9-5-3-4-6-10(9)13-11/h3-6H,7-8H2,1-2H3,(H,12,13). The van der Waals surface area contributed by atoms with Crippen LogP contribution in [-0.2, 0) is 0 Å². The average Bonchev–Trinajstić information content (AvgIpc) is 2.59. The van der Waals surface area contributed by atoms with Gasteiger partial charge in [-0.2, -0.15) is 0 Å². The molecule has 0 spiro atoms. The number of thioether (sulfide) groups is 1. The third-order valence-electron chi connectivity index (χ3n) is 2.14. The number of hydrogen-bond acceptors (Lipinski definition) is 3. The zero-order chi connectivity index (χ0) is 10.7. The molecule has 0 atom stereocenters. The van der Waals surface area contributed by atoms with Crippen LogP contribution in [0.15, 0.2) is 29.4 Å². The SMILES string of the molecule is CN(C)CCSc1nc2ccccc2[nH]1. The first-order valence-electron chi connectivity index (χ1n) is 4.98. The zero-order valence-electron chi connectivity index (χ0n) is 9.03. The van der Waals surface area contributed by atoms with Gasteiger partial charge in [-0.25, -0.2) is 4.98 Å². The molecule has 1 heterocycles. The molecule has 2 rings (SSSR count). The van der Waals surface area contributed by atoms with Crippen LogP contribution in [0, 0.1) is 0 Å². The number of hydrogen-bond donors (Lipinski definition) is 1. The monoisotopic (exact) mass is 221 g/mol. The summed E-state index contributed by atoms with van der Waals surface area (Å²) < 4.78 is 0. The van der Waals surface area contributed by atoms with Gasteiger partial charge in [0.15, 0.2) is 5.16 Å². The van der Waals surface area contributed by atoms with Crippen LogP contribution >= 0.6 is 11.8 Å². The number of aromatic nitrogens is 2. The van der Waals surface area contributed by atoms with Crippen molar-refractivity contribution < 1.29 is 0 Å². The summed E-state index contributed by atoms with van der Waals surface area (Å²) in [5.74, 6) is 1.06. The Labute approximate surface area is 93.9 Å². The van der Waals surface area contributed by atoms with E-state index in [1.165, 1.54) is 0 Å². The van der Waals surface area contributed by atoms with Crippen molar-refractivity contribution in [2.45, 2.75) is 5.16 Å². The van der Waals surface area contributed by atoms with Crippen molar-refractivity contribution in [1.82, 2.24) is 14.9 Å². The van der Waals surface area contributed by atoms with Crippen LogP contribution in [0.3, 0.4) is 0 Å². The van der Waals surface area contributed by atoms with Crippen LogP contribution < -0.4 is 0 Å². The summed E-state index contributed by atoms with van der Waals surface area (Å²) in [6.45, 7) is 1.07. The molecule has 1 N–H and O–H groups in total. The Morgan fingerprint density at radius 3 is 2.87 bits per heavy atom. The normalized spacial score (nSPS) is 11.4. The quantitative estimate of drug-likeness (QED) is 0.803. The van der Waals surface area contributed by atoms with Crippen LogP contribution in [0.2, 0.25) is 0 Å². The van der Waals surface area contributed by atoms with Crippen molar-refractivity contribution in [2.24, 2.45) is 0 Å². The van der Waals surface area contributed by atoms with E-state index in [0.717, 1.165) is 28.5 Å². The Kier molecular flexibility index (Phi) is 3.28. The molecule has 15 heavy (non-hydrogen) atoms. The van der Waals surface area contributed by atoms with Crippen LogP contribution in [0.4, 0.5) is 0 Å². The van der Waals surface area contributed by atoms with Gasteiger partial charge in [0.2, 0.25) is 0 Å². The Morgan fingerprint density at radius 1 is 1.33 bits per heavy atom. The van der Waals surface area contributed by atoms with E-state index in [4.69, 9.17) is 0 Å². The number of benzene rings is 1. The smallest absolute Gasteiger partial charge is 0.166 e. The molecule has 80 valence electrons. The maximum Gasteiger partial charge on any atom is 0.166 e. The molecular formula is C11H15N3S. The van der Waals surface area contributed by atoms with Gasteiger partial charge in [-0.3, -0.25) is 0 Å². The van der Waals surface area contributed by atoms with Crippen molar-refractivity contribution in [3.8, 4) is 0 Å². The molecule has 4 heteroatoms. The third-order valence-corrected chi connectivity index (χ3v) is 3.00. The third kappa shape index (κ3) is 2.73. The predicted molar refractivity (Wildman–Crippen MR) is 65.4 cm³/mol.